The Labute approximate surface area is 840 Å². The van der Waals surface area contributed by atoms with E-state index < -0.39 is 170 Å². The number of aryl methyl sites for hydroxylation is 1. The van der Waals surface area contributed by atoms with Gasteiger partial charge in [0, 0.05) is 145 Å². The van der Waals surface area contributed by atoms with E-state index in [1.54, 1.807) is 67.9 Å². The molecule has 0 saturated carbocycles. The number of primary amides is 1. The number of allylic oxidation sites excluding steroid dienone is 1. The van der Waals surface area contributed by atoms with Crippen LogP contribution in [0.2, 0.25) is 0 Å². The molecule has 6 heterocycles. The summed E-state index contributed by atoms with van der Waals surface area (Å²) < 4.78 is 10.8. The van der Waals surface area contributed by atoms with Gasteiger partial charge in [0.1, 0.15) is 66.8 Å². The fourth-order valence-corrected chi connectivity index (χ4v) is 16.7. The molecule has 2 saturated heterocycles. The van der Waals surface area contributed by atoms with Crippen molar-refractivity contribution in [1.29, 1.82) is 0 Å². The van der Waals surface area contributed by atoms with Crippen LogP contribution in [-0.4, -0.2) is 285 Å². The summed E-state index contributed by atoms with van der Waals surface area (Å²) in [5.41, 5.74) is 19.8. The third kappa shape index (κ3) is 45.1. The van der Waals surface area contributed by atoms with Crippen molar-refractivity contribution in [2.24, 2.45) is 33.1 Å². The highest BCUT2D eigenvalue weighted by atomic mass is 16.5. The molecule has 2 fully saturated rings. The largest absolute Gasteiger partial charge is 0.394 e. The van der Waals surface area contributed by atoms with Gasteiger partial charge in [0.15, 0.2) is 17.6 Å². The zero-order valence-corrected chi connectivity index (χ0v) is 83.4. The van der Waals surface area contributed by atoms with E-state index in [0.717, 1.165) is 60.8 Å². The number of aromatic amines is 2. The highest BCUT2D eigenvalue weighted by molar-refractivity contribution is 6.00. The van der Waals surface area contributed by atoms with Gasteiger partial charge in [0.25, 0.3) is 0 Å². The second kappa shape index (κ2) is 66.5. The van der Waals surface area contributed by atoms with Crippen LogP contribution in [0, 0.1) is 5.92 Å². The third-order valence-corrected chi connectivity index (χ3v) is 24.9. The Morgan fingerprint density at radius 3 is 1.87 bits per heavy atom. The molecule has 8 rings (SSSR count). The number of nitrogens with one attached hydrogen (secondary N) is 14. The Hall–Kier alpha value is -13.4. The number of fused-ring (bicyclic) bond motifs is 2. The van der Waals surface area contributed by atoms with Crippen LogP contribution in [0.3, 0.4) is 0 Å². The van der Waals surface area contributed by atoms with Crippen LogP contribution in [-0.2, 0) is 112 Å². The van der Waals surface area contributed by atoms with Crippen molar-refractivity contribution in [2.75, 3.05) is 66.3 Å². The number of aromatic nitrogens is 6. The molecule has 3 aliphatic rings. The molecule has 5 aromatic rings. The standard InChI is InChI=1S/C55H89N15O12.C45H61N9O8/c1-3-4-20-41(51(76)57-2)63-53(78)43(34-39-25-28-58-29-26-39)65-54(79)44(35-40-19-18-27-59-40)66-52(77)42(23-24-46(56)72)64-55(80)45(37-71)62-49(74)36-61-50(75)38-82-33-32-81-31-30-60-48(73)22-17-15-13-11-9-7-5-6-8-10-12-14-16-21-47-67-69-70-68-47;1-27-19-20-31(56)14-7-4-8-16-34(28(2)55)50-42(60)38(23-30-25-49-35-17-10-9-15-33(30)35)52-40(58)36(18-11-21-48-45(46)47)51-41(59)37(22-29-12-5-3-6-13-29)53-43(61)39-24-32(57)26-54(39)44(27)62/h19,25-29,41-45,71H,3-18,20-24,30-38H2,1-2H3,(H2,56,72)(H,57,76)(H,60,73)(H,61,75)(H,62,74)(H,63,78)(H,64,80)(H,65,79)(H,66,77)(H,67,68,69,70);3,5-6,9-10,12-13,15,17,25,27,32,34,36-39,49,57H,4,7-8,11,14,16,18-24,26H2,1-2H3,(H,50,60)(H,51,59)(H,52,58)(H,53,61)(H4,46,47,48)/t41-,42-,43-,44-,45-;27-,32+,34-,36-,37+,38-,39-/m00/s1. The number of nitrogens with two attached hydrogens (primary N) is 3. The van der Waals surface area contributed by atoms with Gasteiger partial charge in [0.2, 0.25) is 82.7 Å². The van der Waals surface area contributed by atoms with Gasteiger partial charge in [-0.1, -0.05) is 170 Å². The maximum Gasteiger partial charge on any atom is 0.246 e. The van der Waals surface area contributed by atoms with Crippen LogP contribution in [0.4, 0.5) is 0 Å². The van der Waals surface area contributed by atoms with E-state index in [2.05, 4.69) is 104 Å². The summed E-state index contributed by atoms with van der Waals surface area (Å²) in [6.07, 6.45) is 28.0. The topological polar surface area (TPSA) is 666 Å². The van der Waals surface area contributed by atoms with E-state index in [1.165, 1.54) is 89.1 Å². The van der Waals surface area contributed by atoms with Crippen LogP contribution in [0.15, 0.2) is 107 Å². The number of pyridine rings is 1. The van der Waals surface area contributed by atoms with Crippen molar-refractivity contribution in [3.8, 4) is 0 Å². The molecule has 0 spiro atoms. The number of rotatable bonds is 56. The van der Waals surface area contributed by atoms with E-state index in [-0.39, 0.29) is 133 Å². The van der Waals surface area contributed by atoms with E-state index >= 15 is 0 Å². The zero-order valence-electron chi connectivity index (χ0n) is 83.4. The number of ketones is 2. The molecule has 0 aliphatic carbocycles. The first-order valence-electron chi connectivity index (χ1n) is 50.4. The molecule has 0 bridgehead atoms. The van der Waals surface area contributed by atoms with Crippen LogP contribution in [0.1, 0.15) is 242 Å². The number of amides is 14. The summed E-state index contributed by atoms with van der Waals surface area (Å²) in [7, 11) is 1.45. The summed E-state index contributed by atoms with van der Waals surface area (Å²) in [6, 6.07) is 7.42. The number of unbranched alkanes of at least 4 members (excludes halogenated alkanes) is 13. The molecule has 3 aromatic heterocycles. The molecule has 2 aromatic carbocycles. The highest BCUT2D eigenvalue weighted by Crippen LogP contribution is 2.26. The summed E-state index contributed by atoms with van der Waals surface area (Å²) in [4.78, 5) is 231. The lowest BCUT2D eigenvalue weighted by atomic mass is 9.98. The molecule has 0 unspecified atom stereocenters. The number of Topliss-reactive ketones (excluding diaryl/α,β-unsaturated/α-hetero) is 2. The van der Waals surface area contributed by atoms with Gasteiger partial charge < -0.3 is 111 Å². The number of carbonyl (C=O) groups excluding carboxylic acids is 16. The van der Waals surface area contributed by atoms with Gasteiger partial charge in [-0.3, -0.25) is 91.7 Å². The summed E-state index contributed by atoms with van der Waals surface area (Å²) in [5.74, 6) is -9.60. The number of nitrogens with zero attached hydrogens (tertiary/aromatic N) is 7. The van der Waals surface area contributed by atoms with Crippen LogP contribution >= 0.6 is 0 Å². The van der Waals surface area contributed by atoms with Crippen LogP contribution in [0.25, 0.3) is 10.9 Å². The van der Waals surface area contributed by atoms with Crippen molar-refractivity contribution < 1.29 is 96.4 Å². The molecule has 22 N–H and O–H groups in total. The Balaban J connectivity index is 0.000000405. The second-order valence-corrected chi connectivity index (χ2v) is 36.6. The number of para-hydroxylation sites is 1. The Morgan fingerprint density at radius 1 is 0.597 bits per heavy atom. The molecule has 12 atom stereocenters. The maximum absolute atomic E-state index is 14.4. The number of aliphatic hydroxyl groups is 2. The number of H-pyrrole nitrogens is 2. The highest BCUT2D eigenvalue weighted by Gasteiger charge is 2.43. The number of carbonyl (C=O) groups is 16. The van der Waals surface area contributed by atoms with Crippen molar-refractivity contribution in [3.63, 3.8) is 0 Å². The van der Waals surface area contributed by atoms with Crippen molar-refractivity contribution in [1.82, 2.24) is 99.3 Å². The second-order valence-electron chi connectivity index (χ2n) is 36.6. The molecule has 0 radical (unpaired) electrons. The molecular formula is C100H150N24O20. The lowest BCUT2D eigenvalue weighted by molar-refractivity contribution is -0.142. The first-order valence-corrected chi connectivity index (χ1v) is 50.4. The summed E-state index contributed by atoms with van der Waals surface area (Å²) in [6.45, 7) is 3.87. The smallest absolute Gasteiger partial charge is 0.246 e. The lowest BCUT2D eigenvalue weighted by Crippen LogP contribution is -2.60. The van der Waals surface area contributed by atoms with E-state index in [9.17, 15) is 86.9 Å². The minimum absolute atomic E-state index is 0.0144. The van der Waals surface area contributed by atoms with Crippen molar-refractivity contribution >= 4 is 117 Å². The van der Waals surface area contributed by atoms with Gasteiger partial charge in [-0.15, -0.1) is 10.2 Å². The summed E-state index contributed by atoms with van der Waals surface area (Å²) >= 11 is 0. The maximum atomic E-state index is 14.4. The number of aliphatic hydroxyl groups excluding tert-OH is 2. The SMILES string of the molecule is CC(=O)[C@@H]1CCCCCC(=O)CC[C@H](C)C(=O)N2C[C@H](O)C[C@H]2C(=O)N[C@H](Cc2ccccc2)C(=O)N[C@@H](CCCN=C(N)N)C(=O)N[C@@H](Cc2c[nH]c3ccccc23)C(=O)N1.CCCC[C@H](NC(=O)[C@H](Cc1ccncc1)NC(=O)[C@H](CC1=CCC=N1)NC(=O)[C@H](CCC(N)=O)NC(=O)[C@H](CO)NC(=O)CNC(=O)COCCOCCNC(=O)CCCCCCCCCCCCCCCc1nn[nH]n1)C(=O)NC. The number of tetrazole rings is 1. The fraction of sp³-hybridized carbons (Fsp3) is 0.600. The summed E-state index contributed by atoms with van der Waals surface area (Å²) in [5, 5.41) is 67.4. The van der Waals surface area contributed by atoms with Gasteiger partial charge >= 0.3 is 0 Å². The monoisotopic (exact) mass is 2010 g/mol. The number of aliphatic imine (C=N–C) groups is 2. The van der Waals surface area contributed by atoms with Crippen molar-refractivity contribution in [3.05, 3.63) is 120 Å². The van der Waals surface area contributed by atoms with Gasteiger partial charge in [0.05, 0.1) is 45.1 Å². The van der Waals surface area contributed by atoms with Crippen LogP contribution < -0.4 is 81.0 Å². The zero-order chi connectivity index (χ0) is 104. The number of ether oxygens (including phenoxy) is 2. The molecule has 44 heteroatoms. The van der Waals surface area contributed by atoms with Crippen LogP contribution in [0.5, 0.6) is 0 Å². The number of hydrogen-bond donors (Lipinski definition) is 19. The predicted molar refractivity (Wildman–Crippen MR) is 536 cm³/mol. The van der Waals surface area contributed by atoms with Gasteiger partial charge in [-0.2, -0.15) is 5.21 Å². The molecule has 144 heavy (non-hydrogen) atoms. The number of guanidine groups is 1. The first kappa shape index (κ1) is 118. The van der Waals surface area contributed by atoms with Gasteiger partial charge in [-0.25, -0.2) is 0 Å². The fourth-order valence-electron chi connectivity index (χ4n) is 16.7. The Kier molecular flexibility index (Phi) is 54.3. The first-order chi connectivity index (χ1) is 69.4. The third-order valence-electron chi connectivity index (χ3n) is 24.9. The predicted octanol–water partition coefficient (Wildman–Crippen LogP) is 1.92. The molecule has 3 aliphatic heterocycles. The molecule has 44 nitrogen and oxygen atoms in total. The number of likely N-dealkylation sites (N-methyl/N-ethyl adjacent to an activating group) is 1. The van der Waals surface area contributed by atoms with E-state index in [0.29, 0.717) is 74.7 Å². The lowest BCUT2D eigenvalue weighted by Gasteiger charge is -2.29. The number of hydrogen-bond acceptors (Lipinski definition) is 26. The quantitative estimate of drug-likeness (QED) is 0.0150. The average Bonchev–Trinajstić information content (AvgIpc) is 1.65. The Morgan fingerprint density at radius 2 is 1.22 bits per heavy atom. The molecule has 790 valence electrons. The Bertz CT molecular complexity index is 4980. The normalized spacial score (nSPS) is 18.7. The molecular weight excluding hydrogens is 1860 g/mol. The molecule has 14 amide bonds. The number of benzene rings is 2. The van der Waals surface area contributed by atoms with Gasteiger partial charge in [-0.05, 0) is 99.6 Å². The van der Waals surface area contributed by atoms with Crippen molar-refractivity contribution in [2.45, 2.75) is 312 Å². The average molecular weight is 2010 g/mol. The minimum atomic E-state index is -1.63. The minimum Gasteiger partial charge on any atom is -0.394 e. The van der Waals surface area contributed by atoms with E-state index in [4.69, 9.17) is 26.7 Å². The van der Waals surface area contributed by atoms with E-state index in [1.807, 2.05) is 31.2 Å².